The van der Waals surface area contributed by atoms with Crippen molar-refractivity contribution < 1.29 is 4.74 Å². The first kappa shape index (κ1) is 4.41. The highest BCUT2D eigenvalue weighted by Gasteiger charge is 2.29. The Morgan fingerprint density at radius 1 is 1.71 bits per heavy atom. The van der Waals surface area contributed by atoms with Crippen LogP contribution in [0.1, 0.15) is 12.8 Å². The lowest BCUT2D eigenvalue weighted by molar-refractivity contribution is -0.465. The van der Waals surface area contributed by atoms with Gasteiger partial charge in [0.25, 0.3) is 0 Å². The third-order valence-corrected chi connectivity index (χ3v) is 1.03. The molecule has 0 unspecified atom stereocenters. The molecule has 0 N–H and O–H groups in total. The quantitative estimate of drug-likeness (QED) is 0.203. The molecule has 1 rings (SSSR count). The van der Waals surface area contributed by atoms with Crippen LogP contribution >= 0.6 is 0 Å². The molecule has 0 bridgehead atoms. The van der Waals surface area contributed by atoms with E-state index in [1.165, 1.54) is 0 Å². The number of hydroxylamine groups is 1. The standard InChI is InChI=1S/C5H7NO/c1-2-6(7)5-3-4-5/h5H,1,3-4H2. The minimum absolute atomic E-state index is 0.220. The minimum atomic E-state index is 0.220. The Morgan fingerprint density at radius 2 is 2.29 bits per heavy atom. The van der Waals surface area contributed by atoms with Gasteiger partial charge in [-0.05, 0) is 0 Å². The van der Waals surface area contributed by atoms with E-state index in [0.717, 1.165) is 17.6 Å². The minimum Gasteiger partial charge on any atom is -0.615 e. The highest BCUT2D eigenvalue weighted by atomic mass is 16.5. The van der Waals surface area contributed by atoms with Gasteiger partial charge in [0, 0.05) is 19.4 Å². The molecule has 0 heterocycles. The molecule has 38 valence electrons. The van der Waals surface area contributed by atoms with Crippen LogP contribution in [-0.4, -0.2) is 16.7 Å². The van der Waals surface area contributed by atoms with Gasteiger partial charge in [-0.25, -0.2) is 0 Å². The molecule has 0 radical (unpaired) electrons. The van der Waals surface area contributed by atoms with Crippen LogP contribution in [0.3, 0.4) is 0 Å². The van der Waals surface area contributed by atoms with Crippen LogP contribution < -0.4 is 0 Å². The zero-order valence-corrected chi connectivity index (χ0v) is 4.05. The van der Waals surface area contributed by atoms with Gasteiger partial charge in [-0.3, -0.25) is 0 Å². The van der Waals surface area contributed by atoms with Crippen molar-refractivity contribution in [3.63, 3.8) is 0 Å². The lowest BCUT2D eigenvalue weighted by Gasteiger charge is -1.91. The summed E-state index contributed by atoms with van der Waals surface area (Å²) >= 11 is 0. The second-order valence-electron chi connectivity index (χ2n) is 1.72. The van der Waals surface area contributed by atoms with Crippen LogP contribution in [0.25, 0.3) is 0 Å². The smallest absolute Gasteiger partial charge is 0.173 e. The molecule has 0 aromatic heterocycles. The van der Waals surface area contributed by atoms with E-state index in [1.807, 2.05) is 0 Å². The van der Waals surface area contributed by atoms with Crippen LogP contribution in [-0.2, 0) is 0 Å². The molecular formula is C5H7NO. The van der Waals surface area contributed by atoms with Crippen LogP contribution in [0.2, 0.25) is 0 Å². The van der Waals surface area contributed by atoms with E-state index >= 15 is 0 Å². The molecule has 2 nitrogen and oxygen atoms in total. The molecule has 0 saturated heterocycles. The fourth-order valence-corrected chi connectivity index (χ4v) is 0.438. The van der Waals surface area contributed by atoms with Gasteiger partial charge in [0.2, 0.25) is 0 Å². The van der Waals surface area contributed by atoms with Crippen molar-refractivity contribution in [2.75, 3.05) is 0 Å². The third-order valence-electron chi connectivity index (χ3n) is 1.03. The Bertz CT molecular complexity index is 120. The molecule has 1 aliphatic carbocycles. The maximum atomic E-state index is 10.3. The number of rotatable bonds is 1. The normalized spacial score (nSPS) is 18.3. The maximum absolute atomic E-state index is 10.3. The van der Waals surface area contributed by atoms with Crippen LogP contribution in [0.5, 0.6) is 0 Å². The van der Waals surface area contributed by atoms with E-state index in [9.17, 15) is 5.21 Å². The molecule has 0 aromatic carbocycles. The molecule has 2 heteroatoms. The first-order valence-corrected chi connectivity index (χ1v) is 2.33. The van der Waals surface area contributed by atoms with Gasteiger partial charge in [0.15, 0.2) is 11.9 Å². The molecule has 0 aromatic rings. The van der Waals surface area contributed by atoms with Crippen molar-refractivity contribution in [2.24, 2.45) is 0 Å². The van der Waals surface area contributed by atoms with Crippen molar-refractivity contribution >= 4 is 5.87 Å². The monoisotopic (exact) mass is 97.1 g/mol. The molecule has 0 amide bonds. The lowest BCUT2D eigenvalue weighted by Crippen LogP contribution is -2.01. The highest BCUT2D eigenvalue weighted by molar-refractivity contribution is 5.40. The van der Waals surface area contributed by atoms with E-state index in [4.69, 9.17) is 0 Å². The first-order chi connectivity index (χ1) is 3.34. The van der Waals surface area contributed by atoms with Crippen molar-refractivity contribution in [1.82, 2.24) is 0 Å². The number of nitrogens with zero attached hydrogens (tertiary/aromatic N) is 1. The van der Waals surface area contributed by atoms with Crippen molar-refractivity contribution in [1.29, 1.82) is 0 Å². The van der Waals surface area contributed by atoms with Gasteiger partial charge in [-0.1, -0.05) is 0 Å². The predicted octanol–water partition coefficient (Wildman–Crippen LogP) is 0.515. The first-order valence-electron chi connectivity index (χ1n) is 2.33. The van der Waals surface area contributed by atoms with Gasteiger partial charge in [-0.2, -0.15) is 4.74 Å². The topological polar surface area (TPSA) is 26.1 Å². The van der Waals surface area contributed by atoms with Crippen LogP contribution in [0.15, 0.2) is 6.58 Å². The molecule has 0 aliphatic heterocycles. The number of hydrogen-bond donors (Lipinski definition) is 0. The van der Waals surface area contributed by atoms with Crippen molar-refractivity contribution in [3.8, 4) is 0 Å². The Balaban J connectivity index is 2.53. The van der Waals surface area contributed by atoms with E-state index in [1.54, 1.807) is 0 Å². The highest BCUT2D eigenvalue weighted by Crippen LogP contribution is 2.21. The third kappa shape index (κ3) is 0.815. The molecule has 1 fully saturated rings. The zero-order valence-electron chi connectivity index (χ0n) is 4.05. The Hall–Kier alpha value is -0.750. The molecular weight excluding hydrogens is 90.1 g/mol. The summed E-state index contributed by atoms with van der Waals surface area (Å²) in [7, 11) is 0. The Kier molecular flexibility index (Phi) is 0.878. The Labute approximate surface area is 42.4 Å². The summed E-state index contributed by atoms with van der Waals surface area (Å²) in [5.74, 6) is 2.25. The van der Waals surface area contributed by atoms with Gasteiger partial charge in [0.05, 0.1) is 0 Å². The molecule has 1 aliphatic rings. The van der Waals surface area contributed by atoms with Crippen LogP contribution in [0, 0.1) is 5.21 Å². The van der Waals surface area contributed by atoms with Gasteiger partial charge < -0.3 is 5.21 Å². The molecule has 1 saturated carbocycles. The largest absolute Gasteiger partial charge is 0.615 e. The second kappa shape index (κ2) is 1.39. The van der Waals surface area contributed by atoms with E-state index < -0.39 is 0 Å². The summed E-state index contributed by atoms with van der Waals surface area (Å²) in [6.45, 7) is 3.21. The second-order valence-corrected chi connectivity index (χ2v) is 1.72. The molecule has 0 atom stereocenters. The van der Waals surface area contributed by atoms with E-state index in [0.29, 0.717) is 0 Å². The SMILES string of the molecule is C=C=[N+]([O-])C1CC1. The fraction of sp³-hybridized carbons (Fsp3) is 0.600. The average Bonchev–Trinajstić information content (AvgIpc) is 2.44. The zero-order chi connectivity index (χ0) is 5.28. The van der Waals surface area contributed by atoms with Crippen molar-refractivity contribution in [2.45, 2.75) is 18.9 Å². The average molecular weight is 97.1 g/mol. The predicted molar refractivity (Wildman–Crippen MR) is 27.3 cm³/mol. The molecule has 7 heavy (non-hydrogen) atoms. The van der Waals surface area contributed by atoms with Crippen LogP contribution in [0.4, 0.5) is 0 Å². The van der Waals surface area contributed by atoms with Gasteiger partial charge in [0.1, 0.15) is 0 Å². The summed E-state index contributed by atoms with van der Waals surface area (Å²) in [6.07, 6.45) is 2.04. The lowest BCUT2D eigenvalue weighted by atomic mass is 10.7. The summed E-state index contributed by atoms with van der Waals surface area (Å²) < 4.78 is 0.792. The summed E-state index contributed by atoms with van der Waals surface area (Å²) in [5, 5.41) is 10.3. The van der Waals surface area contributed by atoms with Gasteiger partial charge >= 0.3 is 0 Å². The summed E-state index contributed by atoms with van der Waals surface area (Å²) in [5.41, 5.74) is 0. The van der Waals surface area contributed by atoms with E-state index in [-0.39, 0.29) is 6.04 Å². The Morgan fingerprint density at radius 3 is 2.43 bits per heavy atom. The fourth-order valence-electron chi connectivity index (χ4n) is 0.438. The van der Waals surface area contributed by atoms with Crippen molar-refractivity contribution in [3.05, 3.63) is 11.8 Å². The van der Waals surface area contributed by atoms with Gasteiger partial charge in [-0.15, -0.1) is 0 Å². The summed E-state index contributed by atoms with van der Waals surface area (Å²) in [4.78, 5) is 0. The number of hydrogen-bond acceptors (Lipinski definition) is 1. The van der Waals surface area contributed by atoms with E-state index in [2.05, 4.69) is 12.4 Å². The maximum Gasteiger partial charge on any atom is 0.173 e. The summed E-state index contributed by atoms with van der Waals surface area (Å²) in [6, 6.07) is 0.220. The molecule has 0 spiro atoms.